The number of nitrogens with zero attached hydrogens (tertiary/aromatic N) is 1. The number of carbonyl (C=O) groups is 1. The van der Waals surface area contributed by atoms with Crippen LogP contribution in [0.3, 0.4) is 0 Å². The topological polar surface area (TPSA) is 64.9 Å². The van der Waals surface area contributed by atoms with Crippen molar-refractivity contribution in [3.63, 3.8) is 0 Å². The van der Waals surface area contributed by atoms with Crippen molar-refractivity contribution in [3.8, 4) is 6.07 Å². The molecule has 1 aromatic carbocycles. The molecule has 1 aliphatic carbocycles. The van der Waals surface area contributed by atoms with Gasteiger partial charge in [0.15, 0.2) is 0 Å². The van der Waals surface area contributed by atoms with Gasteiger partial charge in [0.05, 0.1) is 10.7 Å². The van der Waals surface area contributed by atoms with Crippen molar-refractivity contribution in [1.82, 2.24) is 5.32 Å². The largest absolute Gasteiger partial charge is 0.387 e. The maximum atomic E-state index is 12.1. The smallest absolute Gasteiger partial charge is 0.267 e. The summed E-state index contributed by atoms with van der Waals surface area (Å²) < 4.78 is 0. The summed E-state index contributed by atoms with van der Waals surface area (Å²) in [5.41, 5.74) is 0.559. The molecule has 1 saturated carbocycles. The molecule has 4 nitrogen and oxygen atoms in total. The van der Waals surface area contributed by atoms with E-state index in [1.54, 1.807) is 24.3 Å². The Kier molecular flexibility index (Phi) is 5.65. The first-order chi connectivity index (χ1) is 10.2. The summed E-state index contributed by atoms with van der Waals surface area (Å²) in [6.07, 6.45) is 7.34. The fourth-order valence-corrected chi connectivity index (χ4v) is 2.55. The van der Waals surface area contributed by atoms with Crippen molar-refractivity contribution < 1.29 is 4.79 Å². The van der Waals surface area contributed by atoms with Crippen LogP contribution in [0.15, 0.2) is 36.0 Å². The van der Waals surface area contributed by atoms with Gasteiger partial charge in [-0.25, -0.2) is 0 Å². The predicted octanol–water partition coefficient (Wildman–Crippen LogP) is 3.61. The number of benzene rings is 1. The number of nitrogens with one attached hydrogen (secondary N) is 2. The maximum absolute atomic E-state index is 12.1. The van der Waals surface area contributed by atoms with E-state index in [0.29, 0.717) is 16.8 Å². The molecular formula is C16H18ClN3O. The van der Waals surface area contributed by atoms with Crippen molar-refractivity contribution in [2.45, 2.75) is 38.1 Å². The molecule has 0 atom stereocenters. The maximum Gasteiger partial charge on any atom is 0.267 e. The third kappa shape index (κ3) is 4.51. The molecule has 1 fully saturated rings. The molecule has 0 saturated heterocycles. The van der Waals surface area contributed by atoms with Crippen LogP contribution >= 0.6 is 11.6 Å². The first-order valence-electron chi connectivity index (χ1n) is 7.13. The van der Waals surface area contributed by atoms with Gasteiger partial charge < -0.3 is 10.6 Å². The highest BCUT2D eigenvalue weighted by atomic mass is 35.5. The van der Waals surface area contributed by atoms with Gasteiger partial charge in [0.25, 0.3) is 5.91 Å². The number of hydrogen-bond acceptors (Lipinski definition) is 3. The summed E-state index contributed by atoms with van der Waals surface area (Å²) >= 11 is 5.98. The Morgan fingerprint density at radius 2 is 2.00 bits per heavy atom. The number of amides is 1. The number of hydrogen-bond donors (Lipinski definition) is 2. The Hall–Kier alpha value is -1.99. The highest BCUT2D eigenvalue weighted by molar-refractivity contribution is 6.33. The predicted molar refractivity (Wildman–Crippen MR) is 83.8 cm³/mol. The van der Waals surface area contributed by atoms with E-state index in [1.165, 1.54) is 25.5 Å². The van der Waals surface area contributed by atoms with Gasteiger partial charge in [-0.05, 0) is 25.0 Å². The first kappa shape index (κ1) is 15.4. The molecule has 0 bridgehead atoms. The molecule has 0 heterocycles. The zero-order valence-electron chi connectivity index (χ0n) is 11.7. The van der Waals surface area contributed by atoms with Crippen LogP contribution < -0.4 is 10.6 Å². The van der Waals surface area contributed by atoms with Crippen LogP contribution in [0.1, 0.15) is 32.1 Å². The fraction of sp³-hybridized carbons (Fsp3) is 0.375. The molecule has 0 radical (unpaired) electrons. The Morgan fingerprint density at radius 1 is 1.29 bits per heavy atom. The van der Waals surface area contributed by atoms with Crippen molar-refractivity contribution in [1.29, 1.82) is 5.26 Å². The molecule has 1 aliphatic rings. The van der Waals surface area contributed by atoms with E-state index in [1.807, 2.05) is 6.07 Å². The van der Waals surface area contributed by atoms with Crippen molar-refractivity contribution >= 4 is 23.2 Å². The van der Waals surface area contributed by atoms with Crippen molar-refractivity contribution in [2.75, 3.05) is 5.32 Å². The quantitative estimate of drug-likeness (QED) is 0.659. The molecule has 0 spiro atoms. The minimum absolute atomic E-state index is 0.0560. The van der Waals surface area contributed by atoms with Gasteiger partial charge in [0.1, 0.15) is 11.6 Å². The molecule has 1 amide bonds. The van der Waals surface area contributed by atoms with Crippen molar-refractivity contribution in [3.05, 3.63) is 41.1 Å². The van der Waals surface area contributed by atoms with E-state index in [4.69, 9.17) is 16.9 Å². The Morgan fingerprint density at radius 3 is 2.67 bits per heavy atom. The summed E-state index contributed by atoms with van der Waals surface area (Å²) in [6, 6.07) is 9.22. The van der Waals surface area contributed by atoms with E-state index in [0.717, 1.165) is 12.8 Å². The van der Waals surface area contributed by atoms with E-state index in [2.05, 4.69) is 10.6 Å². The van der Waals surface area contributed by atoms with Gasteiger partial charge in [0.2, 0.25) is 0 Å². The summed E-state index contributed by atoms with van der Waals surface area (Å²) in [4.78, 5) is 12.1. The summed E-state index contributed by atoms with van der Waals surface area (Å²) in [6.45, 7) is 0. The molecule has 1 aromatic rings. The molecule has 2 rings (SSSR count). The number of para-hydroxylation sites is 1. The number of nitriles is 1. The average molecular weight is 304 g/mol. The second-order valence-corrected chi connectivity index (χ2v) is 5.51. The zero-order chi connectivity index (χ0) is 15.1. The number of anilines is 1. The third-order valence-corrected chi connectivity index (χ3v) is 3.89. The first-order valence-corrected chi connectivity index (χ1v) is 7.50. The van der Waals surface area contributed by atoms with Crippen LogP contribution in [-0.4, -0.2) is 11.9 Å². The SMILES string of the molecule is N#C/C(=C/NC1CCCCC1)C(=O)Nc1ccccc1Cl. The van der Waals surface area contributed by atoms with E-state index in [-0.39, 0.29) is 5.57 Å². The van der Waals surface area contributed by atoms with Crippen LogP contribution in [-0.2, 0) is 4.79 Å². The third-order valence-electron chi connectivity index (χ3n) is 3.56. The van der Waals surface area contributed by atoms with Gasteiger partial charge in [0, 0.05) is 12.2 Å². The van der Waals surface area contributed by atoms with Crippen LogP contribution in [0.2, 0.25) is 5.02 Å². The molecular weight excluding hydrogens is 286 g/mol. The van der Waals surface area contributed by atoms with Gasteiger partial charge in [-0.2, -0.15) is 5.26 Å². The Labute approximate surface area is 129 Å². The molecule has 0 aliphatic heterocycles. The van der Waals surface area contributed by atoms with E-state index < -0.39 is 5.91 Å². The summed E-state index contributed by atoms with van der Waals surface area (Å²) in [5.74, 6) is -0.450. The molecule has 2 N–H and O–H groups in total. The van der Waals surface area contributed by atoms with E-state index >= 15 is 0 Å². The number of carbonyl (C=O) groups excluding carboxylic acids is 1. The normalized spacial score (nSPS) is 16.1. The van der Waals surface area contributed by atoms with Gasteiger partial charge in [-0.1, -0.05) is 43.0 Å². The summed E-state index contributed by atoms with van der Waals surface area (Å²) in [5, 5.41) is 15.4. The molecule has 21 heavy (non-hydrogen) atoms. The van der Waals surface area contributed by atoms with Gasteiger partial charge in [-0.15, -0.1) is 0 Å². The monoisotopic (exact) mass is 303 g/mol. The minimum atomic E-state index is -0.450. The molecule has 110 valence electrons. The van der Waals surface area contributed by atoms with Gasteiger partial charge >= 0.3 is 0 Å². The van der Waals surface area contributed by atoms with Gasteiger partial charge in [-0.3, -0.25) is 4.79 Å². The molecule has 0 unspecified atom stereocenters. The molecule has 0 aromatic heterocycles. The second kappa shape index (κ2) is 7.70. The number of rotatable bonds is 4. The van der Waals surface area contributed by atoms with Crippen LogP contribution in [0.5, 0.6) is 0 Å². The summed E-state index contributed by atoms with van der Waals surface area (Å²) in [7, 11) is 0. The van der Waals surface area contributed by atoms with Crippen LogP contribution in [0.25, 0.3) is 0 Å². The number of halogens is 1. The minimum Gasteiger partial charge on any atom is -0.387 e. The lowest BCUT2D eigenvalue weighted by molar-refractivity contribution is -0.112. The lowest BCUT2D eigenvalue weighted by atomic mass is 9.96. The Bertz CT molecular complexity index is 571. The van der Waals surface area contributed by atoms with Crippen molar-refractivity contribution in [2.24, 2.45) is 0 Å². The Balaban J connectivity index is 1.98. The average Bonchev–Trinajstić information content (AvgIpc) is 2.51. The lowest BCUT2D eigenvalue weighted by Gasteiger charge is -2.21. The fourth-order valence-electron chi connectivity index (χ4n) is 2.37. The highest BCUT2D eigenvalue weighted by Gasteiger charge is 2.14. The standard InChI is InChI=1S/C16H18ClN3O/c17-14-8-4-5-9-15(14)20-16(21)12(10-18)11-19-13-6-2-1-3-7-13/h4-5,8-9,11,13,19H,1-3,6-7H2,(H,20,21)/b12-11-. The molecule has 5 heteroatoms. The zero-order valence-corrected chi connectivity index (χ0v) is 12.5. The van der Waals surface area contributed by atoms with Crippen LogP contribution in [0.4, 0.5) is 5.69 Å². The van der Waals surface area contributed by atoms with E-state index in [9.17, 15) is 4.79 Å². The van der Waals surface area contributed by atoms with Crippen LogP contribution in [0, 0.1) is 11.3 Å². The lowest BCUT2D eigenvalue weighted by Crippen LogP contribution is -2.28. The highest BCUT2D eigenvalue weighted by Crippen LogP contribution is 2.21. The second-order valence-electron chi connectivity index (χ2n) is 5.11.